The van der Waals surface area contributed by atoms with Crippen molar-refractivity contribution >= 4 is 17.8 Å². The summed E-state index contributed by atoms with van der Waals surface area (Å²) in [5, 5.41) is 38.4. The van der Waals surface area contributed by atoms with E-state index in [0.717, 1.165) is 6.54 Å². The van der Waals surface area contributed by atoms with Gasteiger partial charge in [0, 0.05) is 13.1 Å². The number of carbonyl (C=O) groups excluding carboxylic acids is 1. The molecular formula is C13H24N2O8. The van der Waals surface area contributed by atoms with E-state index in [9.17, 15) is 14.4 Å². The molecule has 6 N–H and O–H groups in total. The van der Waals surface area contributed by atoms with Crippen LogP contribution in [0.2, 0.25) is 0 Å². The van der Waals surface area contributed by atoms with Gasteiger partial charge in [0.2, 0.25) is 5.91 Å². The van der Waals surface area contributed by atoms with Gasteiger partial charge in [-0.25, -0.2) is 9.59 Å². The second-order valence-corrected chi connectivity index (χ2v) is 5.79. The minimum absolute atomic E-state index is 0.0375. The first-order valence-electron chi connectivity index (χ1n) is 6.92. The second-order valence-electron chi connectivity index (χ2n) is 5.79. The van der Waals surface area contributed by atoms with E-state index < -0.39 is 24.1 Å². The largest absolute Gasteiger partial charge is 0.479 e. The molecule has 0 aromatic rings. The number of carboxylic acid groups (broad SMARTS) is 2. The number of ether oxygens (including phenoxy) is 1. The molecule has 1 rings (SSSR count). The van der Waals surface area contributed by atoms with Gasteiger partial charge in [0.25, 0.3) is 0 Å². The highest BCUT2D eigenvalue weighted by Gasteiger charge is 2.29. The van der Waals surface area contributed by atoms with Crippen molar-refractivity contribution in [2.75, 3.05) is 19.7 Å². The summed E-state index contributed by atoms with van der Waals surface area (Å²) < 4.78 is 5.52. The summed E-state index contributed by atoms with van der Waals surface area (Å²) in [4.78, 5) is 30.8. The second kappa shape index (κ2) is 9.40. The molecule has 0 spiro atoms. The van der Waals surface area contributed by atoms with Crippen LogP contribution in [0.25, 0.3) is 0 Å². The highest BCUT2D eigenvalue weighted by atomic mass is 16.5. The van der Waals surface area contributed by atoms with Crippen LogP contribution in [0.3, 0.4) is 0 Å². The molecule has 3 unspecified atom stereocenters. The molecule has 0 aromatic carbocycles. The van der Waals surface area contributed by atoms with E-state index in [1.807, 2.05) is 20.8 Å². The molecule has 1 saturated heterocycles. The predicted molar refractivity (Wildman–Crippen MR) is 77.8 cm³/mol. The lowest BCUT2D eigenvalue weighted by atomic mass is 10.2. The van der Waals surface area contributed by atoms with E-state index in [4.69, 9.17) is 25.2 Å². The fourth-order valence-electron chi connectivity index (χ4n) is 1.39. The zero-order valence-electron chi connectivity index (χ0n) is 13.3. The number of rotatable bonds is 5. The number of carbonyl (C=O) groups is 3. The van der Waals surface area contributed by atoms with Crippen molar-refractivity contribution < 1.29 is 39.5 Å². The number of hydrogen-bond donors (Lipinski definition) is 6. The maximum Gasteiger partial charge on any atom is 0.335 e. The SMILES string of the molecule is CC(C)(C)OCC1NCCNC1=O.O=C(O)C(O)C(O)C(=O)O. The molecule has 1 heterocycles. The molecule has 10 nitrogen and oxygen atoms in total. The third-order valence-corrected chi connectivity index (χ3v) is 2.62. The van der Waals surface area contributed by atoms with Crippen LogP contribution in [0.1, 0.15) is 20.8 Å². The van der Waals surface area contributed by atoms with Crippen LogP contribution in [0.4, 0.5) is 0 Å². The Morgan fingerprint density at radius 3 is 2.00 bits per heavy atom. The van der Waals surface area contributed by atoms with Crippen molar-refractivity contribution in [1.29, 1.82) is 0 Å². The monoisotopic (exact) mass is 336 g/mol. The molecule has 3 atom stereocenters. The fourth-order valence-corrected chi connectivity index (χ4v) is 1.39. The summed E-state index contributed by atoms with van der Waals surface area (Å²) in [5.74, 6) is -3.50. The van der Waals surface area contributed by atoms with Crippen LogP contribution in [0.5, 0.6) is 0 Å². The van der Waals surface area contributed by atoms with Gasteiger partial charge in [-0.05, 0) is 20.8 Å². The molecule has 1 fully saturated rings. The molecule has 1 aliphatic rings. The smallest absolute Gasteiger partial charge is 0.335 e. The van der Waals surface area contributed by atoms with Crippen LogP contribution in [0, 0.1) is 0 Å². The Morgan fingerprint density at radius 1 is 1.17 bits per heavy atom. The number of aliphatic hydroxyl groups excluding tert-OH is 2. The first kappa shape index (κ1) is 21.2. The van der Waals surface area contributed by atoms with Gasteiger partial charge in [0.1, 0.15) is 6.04 Å². The molecular weight excluding hydrogens is 312 g/mol. The summed E-state index contributed by atoms with van der Waals surface area (Å²) in [7, 11) is 0. The van der Waals surface area contributed by atoms with Crippen molar-refractivity contribution in [2.45, 2.75) is 44.6 Å². The Bertz CT molecular complexity index is 403. The number of amides is 1. The maximum absolute atomic E-state index is 11.3. The zero-order valence-corrected chi connectivity index (χ0v) is 13.3. The summed E-state index contributed by atoms with van der Waals surface area (Å²) in [5.41, 5.74) is -0.181. The standard InChI is InChI=1S/C9H18N2O2.C4H6O6/c1-9(2,3)13-6-7-8(12)11-5-4-10-7;5-1(3(7)8)2(6)4(9)10/h7,10H,4-6H2,1-3H3,(H,11,12);1-2,5-6H,(H,7,8)(H,9,10). The molecule has 1 aliphatic heterocycles. The van der Waals surface area contributed by atoms with Crippen molar-refractivity contribution in [1.82, 2.24) is 10.6 Å². The van der Waals surface area contributed by atoms with Crippen molar-refractivity contribution in [2.24, 2.45) is 0 Å². The Balaban J connectivity index is 0.000000438. The van der Waals surface area contributed by atoms with Gasteiger partial charge in [-0.1, -0.05) is 0 Å². The lowest BCUT2D eigenvalue weighted by Gasteiger charge is -2.27. The normalized spacial score (nSPS) is 20.6. The molecule has 23 heavy (non-hydrogen) atoms. The number of hydrogen-bond acceptors (Lipinski definition) is 7. The van der Waals surface area contributed by atoms with Crippen LogP contribution in [-0.4, -0.2) is 81.8 Å². The van der Waals surface area contributed by atoms with Crippen LogP contribution >= 0.6 is 0 Å². The highest BCUT2D eigenvalue weighted by molar-refractivity contribution is 5.83. The van der Waals surface area contributed by atoms with Gasteiger partial charge in [-0.2, -0.15) is 0 Å². The van der Waals surface area contributed by atoms with E-state index in [0.29, 0.717) is 13.2 Å². The molecule has 0 radical (unpaired) electrons. The topological polar surface area (TPSA) is 165 Å². The van der Waals surface area contributed by atoms with E-state index in [1.54, 1.807) is 0 Å². The third-order valence-electron chi connectivity index (χ3n) is 2.62. The van der Waals surface area contributed by atoms with Gasteiger partial charge in [-0.15, -0.1) is 0 Å². The number of carboxylic acids is 2. The van der Waals surface area contributed by atoms with Gasteiger partial charge in [0.05, 0.1) is 12.2 Å². The predicted octanol–water partition coefficient (Wildman–Crippen LogP) is -2.23. The van der Waals surface area contributed by atoms with Crippen LogP contribution in [-0.2, 0) is 19.1 Å². The van der Waals surface area contributed by atoms with Crippen molar-refractivity contribution in [3.63, 3.8) is 0 Å². The average molecular weight is 336 g/mol. The van der Waals surface area contributed by atoms with Gasteiger partial charge in [0.15, 0.2) is 12.2 Å². The number of piperazine rings is 1. The molecule has 0 aromatic heterocycles. The number of aliphatic carboxylic acids is 2. The molecule has 0 aliphatic carbocycles. The van der Waals surface area contributed by atoms with Crippen molar-refractivity contribution in [3.05, 3.63) is 0 Å². The quantitative estimate of drug-likeness (QED) is 0.326. The minimum Gasteiger partial charge on any atom is -0.479 e. The van der Waals surface area contributed by atoms with Gasteiger partial charge in [-0.3, -0.25) is 4.79 Å². The van der Waals surface area contributed by atoms with Crippen molar-refractivity contribution in [3.8, 4) is 0 Å². The van der Waals surface area contributed by atoms with E-state index in [1.165, 1.54) is 0 Å². The lowest BCUT2D eigenvalue weighted by molar-refractivity contribution is -0.165. The summed E-state index contributed by atoms with van der Waals surface area (Å²) in [6.07, 6.45) is -4.53. The van der Waals surface area contributed by atoms with Gasteiger partial charge >= 0.3 is 11.9 Å². The fraction of sp³-hybridized carbons (Fsp3) is 0.769. The molecule has 0 bridgehead atoms. The number of nitrogens with one attached hydrogen (secondary N) is 2. The van der Waals surface area contributed by atoms with Gasteiger partial charge < -0.3 is 35.8 Å². The van der Waals surface area contributed by atoms with Crippen LogP contribution < -0.4 is 10.6 Å². The molecule has 0 saturated carbocycles. The Hall–Kier alpha value is -1.75. The molecule has 1 amide bonds. The molecule has 10 heteroatoms. The Kier molecular flexibility index (Phi) is 8.69. The third kappa shape index (κ3) is 9.08. The summed E-state index contributed by atoms with van der Waals surface area (Å²) in [6.45, 7) is 7.92. The number of aliphatic hydroxyl groups is 2. The summed E-state index contributed by atoms with van der Waals surface area (Å²) >= 11 is 0. The zero-order chi connectivity index (χ0) is 18.2. The Labute approximate surface area is 133 Å². The maximum atomic E-state index is 11.3. The minimum atomic E-state index is -2.27. The highest BCUT2D eigenvalue weighted by Crippen LogP contribution is 2.07. The Morgan fingerprint density at radius 2 is 1.65 bits per heavy atom. The van der Waals surface area contributed by atoms with E-state index in [-0.39, 0.29) is 17.6 Å². The van der Waals surface area contributed by atoms with Crippen LogP contribution in [0.15, 0.2) is 0 Å². The first-order valence-corrected chi connectivity index (χ1v) is 6.92. The summed E-state index contributed by atoms with van der Waals surface area (Å²) in [6, 6.07) is -0.187. The van der Waals surface area contributed by atoms with E-state index >= 15 is 0 Å². The van der Waals surface area contributed by atoms with E-state index in [2.05, 4.69) is 10.6 Å². The lowest BCUT2D eigenvalue weighted by Crippen LogP contribution is -2.55. The molecule has 134 valence electrons. The average Bonchev–Trinajstić information content (AvgIpc) is 2.44. The first-order chi connectivity index (χ1) is 10.5.